The molecule has 25 heavy (non-hydrogen) atoms. The second-order valence-electron chi connectivity index (χ2n) is 5.86. The van der Waals surface area contributed by atoms with Crippen LogP contribution in [-0.2, 0) is 16.1 Å². The van der Waals surface area contributed by atoms with Crippen molar-refractivity contribution in [3.05, 3.63) is 70.5 Å². The first-order valence-electron chi connectivity index (χ1n) is 8.11. The van der Waals surface area contributed by atoms with Gasteiger partial charge < -0.3 is 14.4 Å². The summed E-state index contributed by atoms with van der Waals surface area (Å²) in [6, 6.07) is 13.3. The fourth-order valence-electron chi connectivity index (χ4n) is 2.70. The highest BCUT2D eigenvalue weighted by atomic mass is 35.5. The minimum absolute atomic E-state index is 0.0564. The molecule has 2 aromatic carbocycles. The Morgan fingerprint density at radius 3 is 2.76 bits per heavy atom. The standard InChI is InChI=1S/C19H19ClFNO3/c20-16-7-5-14(6-8-16)19(23)22-9-10-25-17(11-22)13-24-12-15-3-1-2-4-18(15)21/h1-8,17H,9-13H2. The summed E-state index contributed by atoms with van der Waals surface area (Å²) in [6.07, 6.45) is -0.225. The molecule has 0 saturated carbocycles. The SMILES string of the molecule is O=C(c1ccc(Cl)cc1)N1CCOC(COCc2ccccc2F)C1. The highest BCUT2D eigenvalue weighted by Crippen LogP contribution is 2.15. The topological polar surface area (TPSA) is 38.8 Å². The molecule has 1 aliphatic rings. The van der Waals surface area contributed by atoms with E-state index in [1.165, 1.54) is 6.07 Å². The van der Waals surface area contributed by atoms with Gasteiger partial charge in [-0.25, -0.2) is 4.39 Å². The number of rotatable bonds is 5. The molecule has 0 spiro atoms. The van der Waals surface area contributed by atoms with Gasteiger partial charge in [-0.3, -0.25) is 4.79 Å². The van der Waals surface area contributed by atoms with E-state index in [-0.39, 0.29) is 24.4 Å². The molecule has 1 saturated heterocycles. The maximum atomic E-state index is 13.6. The molecule has 0 radical (unpaired) electrons. The van der Waals surface area contributed by atoms with E-state index in [2.05, 4.69) is 0 Å². The lowest BCUT2D eigenvalue weighted by Gasteiger charge is -2.33. The van der Waals surface area contributed by atoms with Crippen molar-refractivity contribution in [1.29, 1.82) is 0 Å². The van der Waals surface area contributed by atoms with E-state index >= 15 is 0 Å². The molecule has 0 aliphatic carbocycles. The van der Waals surface area contributed by atoms with Crippen molar-refractivity contribution >= 4 is 17.5 Å². The molecule has 1 unspecified atom stereocenters. The van der Waals surface area contributed by atoms with E-state index in [0.717, 1.165) is 0 Å². The van der Waals surface area contributed by atoms with Crippen LogP contribution in [0.5, 0.6) is 0 Å². The number of amides is 1. The second kappa shape index (κ2) is 8.43. The molecule has 4 nitrogen and oxygen atoms in total. The fraction of sp³-hybridized carbons (Fsp3) is 0.316. The van der Waals surface area contributed by atoms with Gasteiger partial charge in [0.1, 0.15) is 5.82 Å². The third kappa shape index (κ3) is 4.78. The third-order valence-corrected chi connectivity index (χ3v) is 4.29. The Morgan fingerprint density at radius 2 is 2.00 bits per heavy atom. The van der Waals surface area contributed by atoms with E-state index in [0.29, 0.717) is 42.5 Å². The molecule has 3 rings (SSSR count). The fourth-order valence-corrected chi connectivity index (χ4v) is 2.82. The van der Waals surface area contributed by atoms with Crippen LogP contribution in [-0.4, -0.2) is 43.2 Å². The van der Waals surface area contributed by atoms with Gasteiger partial charge in [-0.2, -0.15) is 0 Å². The third-order valence-electron chi connectivity index (χ3n) is 4.04. The first kappa shape index (κ1) is 17.9. The number of ether oxygens (including phenoxy) is 2. The normalized spacial score (nSPS) is 17.5. The minimum atomic E-state index is -0.286. The van der Waals surface area contributed by atoms with Crippen LogP contribution in [0.1, 0.15) is 15.9 Å². The van der Waals surface area contributed by atoms with Gasteiger partial charge in [0.2, 0.25) is 0 Å². The van der Waals surface area contributed by atoms with Gasteiger partial charge in [-0.15, -0.1) is 0 Å². The molecule has 0 bridgehead atoms. The quantitative estimate of drug-likeness (QED) is 0.815. The maximum Gasteiger partial charge on any atom is 0.254 e. The van der Waals surface area contributed by atoms with Crippen LogP contribution in [0.15, 0.2) is 48.5 Å². The molecule has 1 aliphatic heterocycles. The molecular formula is C19H19ClFNO3. The molecular weight excluding hydrogens is 345 g/mol. The van der Waals surface area contributed by atoms with E-state index < -0.39 is 0 Å². The zero-order valence-corrected chi connectivity index (χ0v) is 14.4. The number of hydrogen-bond donors (Lipinski definition) is 0. The van der Waals surface area contributed by atoms with Crippen LogP contribution in [0.4, 0.5) is 4.39 Å². The lowest BCUT2D eigenvalue weighted by atomic mass is 10.1. The van der Waals surface area contributed by atoms with Crippen LogP contribution < -0.4 is 0 Å². The van der Waals surface area contributed by atoms with Crippen molar-refractivity contribution in [3.63, 3.8) is 0 Å². The van der Waals surface area contributed by atoms with Gasteiger partial charge >= 0.3 is 0 Å². The molecule has 2 aromatic rings. The predicted octanol–water partition coefficient (Wildman–Crippen LogP) is 3.54. The minimum Gasteiger partial charge on any atom is -0.374 e. The number of hydrogen-bond acceptors (Lipinski definition) is 3. The number of halogens is 2. The molecule has 1 atom stereocenters. The Bertz CT molecular complexity index is 723. The summed E-state index contributed by atoms with van der Waals surface area (Å²) in [5.41, 5.74) is 1.10. The molecule has 1 amide bonds. The van der Waals surface area contributed by atoms with Crippen LogP contribution in [0.25, 0.3) is 0 Å². The maximum absolute atomic E-state index is 13.6. The van der Waals surface area contributed by atoms with Gasteiger partial charge in [-0.1, -0.05) is 29.8 Å². The lowest BCUT2D eigenvalue weighted by molar-refractivity contribution is -0.0649. The van der Waals surface area contributed by atoms with Crippen molar-refractivity contribution in [1.82, 2.24) is 4.90 Å². The van der Waals surface area contributed by atoms with Gasteiger partial charge in [0.25, 0.3) is 5.91 Å². The number of nitrogens with zero attached hydrogens (tertiary/aromatic N) is 1. The van der Waals surface area contributed by atoms with Crippen LogP contribution in [0.2, 0.25) is 5.02 Å². The molecule has 0 aromatic heterocycles. The smallest absolute Gasteiger partial charge is 0.254 e. The zero-order chi connectivity index (χ0) is 17.6. The first-order valence-corrected chi connectivity index (χ1v) is 8.49. The summed E-state index contributed by atoms with van der Waals surface area (Å²) >= 11 is 5.86. The first-order chi connectivity index (χ1) is 12.1. The van der Waals surface area contributed by atoms with E-state index in [1.54, 1.807) is 47.4 Å². The molecule has 6 heteroatoms. The summed E-state index contributed by atoms with van der Waals surface area (Å²) in [5.74, 6) is -0.342. The zero-order valence-electron chi connectivity index (χ0n) is 13.7. The number of carbonyl (C=O) groups excluding carboxylic acids is 1. The lowest BCUT2D eigenvalue weighted by Crippen LogP contribution is -2.47. The Morgan fingerprint density at radius 1 is 1.24 bits per heavy atom. The summed E-state index contributed by atoms with van der Waals surface area (Å²) < 4.78 is 24.8. The summed E-state index contributed by atoms with van der Waals surface area (Å²) in [5, 5.41) is 0.595. The van der Waals surface area contributed by atoms with Gasteiger partial charge in [0.05, 0.1) is 25.9 Å². The van der Waals surface area contributed by atoms with Crippen LogP contribution in [0.3, 0.4) is 0 Å². The van der Waals surface area contributed by atoms with E-state index in [4.69, 9.17) is 21.1 Å². The van der Waals surface area contributed by atoms with Gasteiger partial charge in [0, 0.05) is 29.2 Å². The monoisotopic (exact) mass is 363 g/mol. The summed E-state index contributed by atoms with van der Waals surface area (Å²) in [7, 11) is 0. The van der Waals surface area contributed by atoms with Crippen molar-refractivity contribution in [2.45, 2.75) is 12.7 Å². The number of benzene rings is 2. The number of carbonyl (C=O) groups is 1. The summed E-state index contributed by atoms with van der Waals surface area (Å²) in [6.45, 7) is 1.91. The van der Waals surface area contributed by atoms with Crippen molar-refractivity contribution in [3.8, 4) is 0 Å². The average molecular weight is 364 g/mol. The van der Waals surface area contributed by atoms with Crippen molar-refractivity contribution < 1.29 is 18.7 Å². The highest BCUT2D eigenvalue weighted by molar-refractivity contribution is 6.30. The van der Waals surface area contributed by atoms with Gasteiger partial charge in [0.15, 0.2) is 0 Å². The van der Waals surface area contributed by atoms with E-state index in [9.17, 15) is 9.18 Å². The molecule has 1 fully saturated rings. The highest BCUT2D eigenvalue weighted by Gasteiger charge is 2.25. The van der Waals surface area contributed by atoms with Crippen molar-refractivity contribution in [2.75, 3.05) is 26.3 Å². The second-order valence-corrected chi connectivity index (χ2v) is 6.29. The average Bonchev–Trinajstić information content (AvgIpc) is 2.64. The Kier molecular flexibility index (Phi) is 6.02. The molecule has 0 N–H and O–H groups in total. The molecule has 1 heterocycles. The summed E-state index contributed by atoms with van der Waals surface area (Å²) in [4.78, 5) is 14.3. The van der Waals surface area contributed by atoms with Crippen molar-refractivity contribution in [2.24, 2.45) is 0 Å². The predicted molar refractivity (Wildman–Crippen MR) is 93.2 cm³/mol. The number of morpholine rings is 1. The largest absolute Gasteiger partial charge is 0.374 e. The Balaban J connectivity index is 1.51. The molecule has 132 valence electrons. The van der Waals surface area contributed by atoms with E-state index in [1.807, 2.05) is 0 Å². The van der Waals surface area contributed by atoms with Gasteiger partial charge in [-0.05, 0) is 30.3 Å². The van der Waals surface area contributed by atoms with Crippen LogP contribution >= 0.6 is 11.6 Å². The van der Waals surface area contributed by atoms with Crippen LogP contribution in [0, 0.1) is 5.82 Å². The Labute approximate surface area is 151 Å². The Hall–Kier alpha value is -1.95.